The fraction of sp³-hybridized carbons (Fsp3) is 0.667. The number of nitrogens with zero attached hydrogens (tertiary/aromatic N) is 2. The second-order valence-electron chi connectivity index (χ2n) is 1.32. The monoisotopic (exact) mass is 118 g/mol. The number of rotatable bonds is 1. The van der Waals surface area contributed by atoms with Gasteiger partial charge in [0, 0.05) is 6.54 Å². The Balaban J connectivity index is 2.28. The van der Waals surface area contributed by atoms with E-state index >= 15 is 0 Å². The van der Waals surface area contributed by atoms with Gasteiger partial charge in [-0.2, -0.15) is 0 Å². The standard InChI is InChI=1S/C3H7N2OP/c6-7-5-2-1-4-3-5/h3,6-7H,1-2H2. The van der Waals surface area contributed by atoms with E-state index in [9.17, 15) is 0 Å². The molecule has 0 aromatic rings. The molecule has 1 aliphatic heterocycles. The van der Waals surface area contributed by atoms with Crippen molar-refractivity contribution in [1.29, 1.82) is 0 Å². The molecule has 4 heteroatoms. The summed E-state index contributed by atoms with van der Waals surface area (Å²) in [4.78, 5) is 12.3. The normalized spacial score (nSPS) is 20.4. The van der Waals surface area contributed by atoms with Gasteiger partial charge >= 0.3 is 0 Å². The highest BCUT2D eigenvalue weighted by molar-refractivity contribution is 7.29. The molecule has 1 rings (SSSR count). The van der Waals surface area contributed by atoms with Crippen LogP contribution in [0, 0.1) is 0 Å². The lowest BCUT2D eigenvalue weighted by molar-refractivity contribution is 0.579. The maximum atomic E-state index is 8.43. The molecule has 0 radical (unpaired) electrons. The van der Waals surface area contributed by atoms with Gasteiger partial charge in [0.15, 0.2) is 0 Å². The van der Waals surface area contributed by atoms with E-state index < -0.39 is 0 Å². The van der Waals surface area contributed by atoms with Crippen molar-refractivity contribution in [1.82, 2.24) is 4.67 Å². The molecule has 40 valence electrons. The molecule has 1 heterocycles. The third kappa shape index (κ3) is 1.11. The Morgan fingerprint density at radius 1 is 1.86 bits per heavy atom. The van der Waals surface area contributed by atoms with Crippen molar-refractivity contribution >= 4 is 15.3 Å². The molecule has 0 aromatic heterocycles. The Morgan fingerprint density at radius 2 is 2.71 bits per heavy atom. The molecule has 0 spiro atoms. The molecule has 0 fully saturated rings. The SMILES string of the molecule is OPN1C=NCC1. The second-order valence-corrected chi connectivity index (χ2v) is 2.09. The highest BCUT2D eigenvalue weighted by atomic mass is 31.1. The summed E-state index contributed by atoms with van der Waals surface area (Å²) in [6.45, 7) is 1.72. The van der Waals surface area contributed by atoms with E-state index in [2.05, 4.69) is 4.99 Å². The van der Waals surface area contributed by atoms with Crippen LogP contribution in [-0.2, 0) is 0 Å². The summed E-state index contributed by atoms with van der Waals surface area (Å²) >= 11 is 0. The quantitative estimate of drug-likeness (QED) is 0.485. The number of hydrogen-bond donors (Lipinski definition) is 1. The van der Waals surface area contributed by atoms with Crippen molar-refractivity contribution in [3.8, 4) is 0 Å². The molecule has 1 atom stereocenters. The summed E-state index contributed by atoms with van der Waals surface area (Å²) in [7, 11) is -0.105. The molecule has 3 nitrogen and oxygen atoms in total. The fourth-order valence-corrected chi connectivity index (χ4v) is 0.789. The molecule has 0 amide bonds. The first-order valence-corrected chi connectivity index (χ1v) is 2.99. The highest BCUT2D eigenvalue weighted by Crippen LogP contribution is 2.10. The third-order valence-corrected chi connectivity index (χ3v) is 1.42. The predicted octanol–water partition coefficient (Wildman–Crippen LogP) is -0.169. The van der Waals surface area contributed by atoms with Crippen LogP contribution in [0.5, 0.6) is 0 Å². The molecule has 0 saturated carbocycles. The van der Waals surface area contributed by atoms with Crippen molar-refractivity contribution in [2.45, 2.75) is 0 Å². The third-order valence-electron chi connectivity index (χ3n) is 0.819. The summed E-state index contributed by atoms with van der Waals surface area (Å²) in [6.07, 6.45) is 1.68. The molecule has 1 aliphatic rings. The van der Waals surface area contributed by atoms with Crippen molar-refractivity contribution in [3.63, 3.8) is 0 Å². The predicted molar refractivity (Wildman–Crippen MR) is 30.6 cm³/mol. The van der Waals surface area contributed by atoms with Gasteiger partial charge in [-0.05, 0) is 0 Å². The first kappa shape index (κ1) is 5.01. The largest absolute Gasteiger partial charge is 0.357 e. The summed E-state index contributed by atoms with van der Waals surface area (Å²) < 4.78 is 1.78. The van der Waals surface area contributed by atoms with Crippen molar-refractivity contribution in [2.24, 2.45) is 4.99 Å². The van der Waals surface area contributed by atoms with E-state index in [0.29, 0.717) is 0 Å². The van der Waals surface area contributed by atoms with Gasteiger partial charge in [0.05, 0.1) is 12.9 Å². The lowest BCUT2D eigenvalue weighted by Gasteiger charge is -2.05. The molecule has 0 aliphatic carbocycles. The zero-order chi connectivity index (χ0) is 5.11. The van der Waals surface area contributed by atoms with Crippen LogP contribution >= 0.6 is 8.96 Å². The van der Waals surface area contributed by atoms with E-state index in [4.69, 9.17) is 4.89 Å². The van der Waals surface area contributed by atoms with Crippen LogP contribution in [0.4, 0.5) is 0 Å². The summed E-state index contributed by atoms with van der Waals surface area (Å²) in [5.41, 5.74) is 0. The minimum absolute atomic E-state index is 0.105. The van der Waals surface area contributed by atoms with Crippen LogP contribution < -0.4 is 0 Å². The molecule has 0 bridgehead atoms. The van der Waals surface area contributed by atoms with Crippen molar-refractivity contribution in [2.75, 3.05) is 13.1 Å². The lowest BCUT2D eigenvalue weighted by atomic mass is 10.7. The zero-order valence-electron chi connectivity index (χ0n) is 3.83. The summed E-state index contributed by atoms with van der Waals surface area (Å²) in [5.74, 6) is 0. The molecule has 1 N–H and O–H groups in total. The first-order valence-electron chi connectivity index (χ1n) is 2.10. The maximum Gasteiger partial charge on any atom is 0.115 e. The number of hydrogen-bond acceptors (Lipinski definition) is 3. The average Bonchev–Trinajstić information content (AvgIpc) is 2.14. The molecular formula is C3H7N2OP. The van der Waals surface area contributed by atoms with E-state index in [1.807, 2.05) is 0 Å². The smallest absolute Gasteiger partial charge is 0.115 e. The first-order chi connectivity index (χ1) is 3.43. The highest BCUT2D eigenvalue weighted by Gasteiger charge is 2.00. The van der Waals surface area contributed by atoms with Gasteiger partial charge in [0.25, 0.3) is 0 Å². The second kappa shape index (κ2) is 2.24. The van der Waals surface area contributed by atoms with Gasteiger partial charge in [-0.1, -0.05) is 0 Å². The molecule has 0 saturated heterocycles. The zero-order valence-corrected chi connectivity index (χ0v) is 4.83. The fourth-order valence-electron chi connectivity index (χ4n) is 0.455. The van der Waals surface area contributed by atoms with Gasteiger partial charge in [-0.3, -0.25) is 4.99 Å². The Bertz CT molecular complexity index is 85.0. The van der Waals surface area contributed by atoms with Gasteiger partial charge in [-0.15, -0.1) is 0 Å². The lowest BCUT2D eigenvalue weighted by Crippen LogP contribution is -2.06. The number of aliphatic imine (C=N–C) groups is 1. The van der Waals surface area contributed by atoms with Gasteiger partial charge in [-0.25, -0.2) is 0 Å². The average molecular weight is 118 g/mol. The van der Waals surface area contributed by atoms with E-state index in [0.717, 1.165) is 13.1 Å². The van der Waals surface area contributed by atoms with E-state index in [1.165, 1.54) is 0 Å². The van der Waals surface area contributed by atoms with Crippen LogP contribution in [-0.4, -0.2) is 29.0 Å². The Morgan fingerprint density at radius 3 is 3.00 bits per heavy atom. The Labute approximate surface area is 44.0 Å². The van der Waals surface area contributed by atoms with Crippen molar-refractivity contribution in [3.05, 3.63) is 0 Å². The van der Waals surface area contributed by atoms with Crippen LogP contribution in [0.3, 0.4) is 0 Å². The van der Waals surface area contributed by atoms with Crippen molar-refractivity contribution < 1.29 is 4.89 Å². The Hall–Kier alpha value is -0.140. The van der Waals surface area contributed by atoms with Gasteiger partial charge < -0.3 is 9.56 Å². The minimum Gasteiger partial charge on any atom is -0.357 e. The Kier molecular flexibility index (Phi) is 1.60. The van der Waals surface area contributed by atoms with E-state index in [-0.39, 0.29) is 8.96 Å². The minimum atomic E-state index is -0.105. The van der Waals surface area contributed by atoms with Gasteiger partial charge in [0.1, 0.15) is 8.96 Å². The van der Waals surface area contributed by atoms with E-state index in [1.54, 1.807) is 11.0 Å². The van der Waals surface area contributed by atoms with Crippen LogP contribution in [0.25, 0.3) is 0 Å². The topological polar surface area (TPSA) is 35.8 Å². The maximum absolute atomic E-state index is 8.43. The van der Waals surface area contributed by atoms with Crippen LogP contribution in [0.15, 0.2) is 4.99 Å². The molecule has 7 heavy (non-hydrogen) atoms. The van der Waals surface area contributed by atoms with Crippen LogP contribution in [0.1, 0.15) is 0 Å². The molecular weight excluding hydrogens is 111 g/mol. The summed E-state index contributed by atoms with van der Waals surface area (Å²) in [6, 6.07) is 0. The molecule has 1 unspecified atom stereocenters. The summed E-state index contributed by atoms with van der Waals surface area (Å²) in [5, 5.41) is 0. The molecule has 0 aromatic carbocycles. The van der Waals surface area contributed by atoms with Crippen LogP contribution in [0.2, 0.25) is 0 Å². The van der Waals surface area contributed by atoms with Gasteiger partial charge in [0.2, 0.25) is 0 Å².